The predicted molar refractivity (Wildman–Crippen MR) is 128 cm³/mol. The first-order chi connectivity index (χ1) is 16.0. The van der Waals surface area contributed by atoms with Crippen LogP contribution in [0.1, 0.15) is 50.5 Å². The summed E-state index contributed by atoms with van der Waals surface area (Å²) in [7, 11) is 0. The van der Waals surface area contributed by atoms with Crippen LogP contribution in [0.15, 0.2) is 60.7 Å². The number of carbonyl (C=O) groups is 1. The highest BCUT2D eigenvalue weighted by atomic mass is 16.5. The summed E-state index contributed by atoms with van der Waals surface area (Å²) in [6.45, 7) is 6.25. The van der Waals surface area contributed by atoms with Crippen molar-refractivity contribution in [3.8, 4) is 28.5 Å². The van der Waals surface area contributed by atoms with E-state index in [2.05, 4.69) is 6.92 Å². The Kier molecular flexibility index (Phi) is 8.70. The van der Waals surface area contributed by atoms with Crippen molar-refractivity contribution in [3.05, 3.63) is 71.9 Å². The molecule has 1 atom stereocenters. The van der Waals surface area contributed by atoms with Crippen molar-refractivity contribution in [3.63, 3.8) is 0 Å². The molecule has 174 valence electrons. The zero-order chi connectivity index (χ0) is 23.6. The van der Waals surface area contributed by atoms with Crippen molar-refractivity contribution in [2.45, 2.75) is 46.1 Å². The van der Waals surface area contributed by atoms with Crippen LogP contribution in [0.2, 0.25) is 0 Å². The fourth-order valence-electron chi connectivity index (χ4n) is 3.50. The van der Waals surface area contributed by atoms with Gasteiger partial charge in [0, 0.05) is 5.56 Å². The maximum Gasteiger partial charge on any atom is 0.341 e. The zero-order valence-electron chi connectivity index (χ0n) is 19.4. The number of aromatic nitrogens is 1. The Morgan fingerprint density at radius 3 is 2.42 bits per heavy atom. The topological polar surface area (TPSA) is 77.9 Å². The fourth-order valence-corrected chi connectivity index (χ4v) is 3.50. The second kappa shape index (κ2) is 11.9. The molecule has 0 aliphatic heterocycles. The molecule has 6 nitrogen and oxygen atoms in total. The van der Waals surface area contributed by atoms with Crippen LogP contribution in [0, 0.1) is 6.92 Å². The van der Waals surface area contributed by atoms with E-state index in [0.717, 1.165) is 47.5 Å². The SMILES string of the molecule is CCCCC(Oc1ccc(OCC(=O)O)c(C)c1)c1cccc(-c2ccc(OCC)cc2)n1. The third-order valence-electron chi connectivity index (χ3n) is 5.16. The number of rotatable bonds is 12. The fraction of sp³-hybridized carbons (Fsp3) is 0.333. The number of hydrogen-bond donors (Lipinski definition) is 1. The van der Waals surface area contributed by atoms with Crippen LogP contribution in [0.4, 0.5) is 0 Å². The number of unbranched alkanes of at least 4 members (excludes halogenated alkanes) is 1. The average Bonchev–Trinajstić information content (AvgIpc) is 2.82. The van der Waals surface area contributed by atoms with Crippen molar-refractivity contribution in [1.29, 1.82) is 0 Å². The number of ether oxygens (including phenoxy) is 3. The maximum atomic E-state index is 10.8. The van der Waals surface area contributed by atoms with Crippen LogP contribution in [-0.4, -0.2) is 29.3 Å². The van der Waals surface area contributed by atoms with E-state index in [1.165, 1.54) is 0 Å². The first kappa shape index (κ1) is 24.1. The Balaban J connectivity index is 1.80. The number of carboxylic acid groups (broad SMARTS) is 1. The minimum absolute atomic E-state index is 0.196. The molecule has 1 heterocycles. The largest absolute Gasteiger partial charge is 0.494 e. The van der Waals surface area contributed by atoms with E-state index in [1.807, 2.05) is 62.4 Å². The summed E-state index contributed by atoms with van der Waals surface area (Å²) in [5.41, 5.74) is 3.59. The quantitative estimate of drug-likeness (QED) is 0.353. The minimum atomic E-state index is -1.01. The van der Waals surface area contributed by atoms with E-state index in [-0.39, 0.29) is 12.7 Å². The number of hydrogen-bond acceptors (Lipinski definition) is 5. The number of aliphatic carboxylic acids is 1. The molecule has 0 saturated heterocycles. The molecule has 1 N–H and O–H groups in total. The van der Waals surface area contributed by atoms with Crippen LogP contribution in [0.3, 0.4) is 0 Å². The first-order valence-corrected chi connectivity index (χ1v) is 11.3. The summed E-state index contributed by atoms with van der Waals surface area (Å²) < 4.78 is 17.2. The molecule has 0 amide bonds. The molecule has 0 saturated carbocycles. The summed E-state index contributed by atoms with van der Waals surface area (Å²) in [5, 5.41) is 8.83. The third-order valence-corrected chi connectivity index (χ3v) is 5.16. The lowest BCUT2D eigenvalue weighted by Gasteiger charge is -2.20. The molecule has 2 aromatic carbocycles. The summed E-state index contributed by atoms with van der Waals surface area (Å²) >= 11 is 0. The average molecular weight is 450 g/mol. The molecule has 0 spiro atoms. The molecular weight excluding hydrogens is 418 g/mol. The normalized spacial score (nSPS) is 11.6. The van der Waals surface area contributed by atoms with Gasteiger partial charge < -0.3 is 19.3 Å². The minimum Gasteiger partial charge on any atom is -0.494 e. The molecule has 0 radical (unpaired) electrons. The van der Waals surface area contributed by atoms with Gasteiger partial charge in [-0.3, -0.25) is 0 Å². The smallest absolute Gasteiger partial charge is 0.341 e. The van der Waals surface area contributed by atoms with E-state index in [1.54, 1.807) is 12.1 Å². The van der Waals surface area contributed by atoms with E-state index in [0.29, 0.717) is 18.1 Å². The van der Waals surface area contributed by atoms with Gasteiger partial charge in [0.25, 0.3) is 0 Å². The van der Waals surface area contributed by atoms with E-state index in [4.69, 9.17) is 24.3 Å². The Bertz CT molecular complexity index is 1050. The van der Waals surface area contributed by atoms with Crippen LogP contribution in [0.5, 0.6) is 17.2 Å². The molecule has 0 aliphatic carbocycles. The molecule has 1 unspecified atom stereocenters. The molecule has 33 heavy (non-hydrogen) atoms. The van der Waals surface area contributed by atoms with Crippen molar-refractivity contribution in [2.24, 2.45) is 0 Å². The molecular formula is C27H31NO5. The molecule has 0 bridgehead atoms. The Labute approximate surface area is 195 Å². The van der Waals surface area contributed by atoms with Gasteiger partial charge in [-0.2, -0.15) is 0 Å². The lowest BCUT2D eigenvalue weighted by Crippen LogP contribution is -2.11. The van der Waals surface area contributed by atoms with Gasteiger partial charge in [-0.15, -0.1) is 0 Å². The first-order valence-electron chi connectivity index (χ1n) is 11.3. The van der Waals surface area contributed by atoms with Crippen molar-refractivity contribution in [1.82, 2.24) is 4.98 Å². The lowest BCUT2D eigenvalue weighted by atomic mass is 10.1. The van der Waals surface area contributed by atoms with Crippen molar-refractivity contribution >= 4 is 5.97 Å². The molecule has 3 rings (SSSR count). The molecule has 1 aromatic heterocycles. The number of carboxylic acids is 1. The van der Waals surface area contributed by atoms with Gasteiger partial charge in [0.15, 0.2) is 6.61 Å². The Morgan fingerprint density at radius 1 is 1.00 bits per heavy atom. The monoisotopic (exact) mass is 449 g/mol. The summed E-state index contributed by atoms with van der Waals surface area (Å²) in [4.78, 5) is 15.7. The van der Waals surface area contributed by atoms with Crippen LogP contribution in [0.25, 0.3) is 11.3 Å². The van der Waals surface area contributed by atoms with Crippen LogP contribution >= 0.6 is 0 Å². The maximum absolute atomic E-state index is 10.8. The highest BCUT2D eigenvalue weighted by molar-refractivity contribution is 5.68. The summed E-state index contributed by atoms with van der Waals surface area (Å²) in [5.74, 6) is 1.07. The van der Waals surface area contributed by atoms with Gasteiger partial charge in [-0.05, 0) is 86.8 Å². The van der Waals surface area contributed by atoms with Gasteiger partial charge in [0.2, 0.25) is 0 Å². The van der Waals surface area contributed by atoms with Gasteiger partial charge in [0.1, 0.15) is 23.4 Å². The van der Waals surface area contributed by atoms with Crippen LogP contribution < -0.4 is 14.2 Å². The molecule has 3 aromatic rings. The number of nitrogens with zero attached hydrogens (tertiary/aromatic N) is 1. The Morgan fingerprint density at radius 2 is 1.76 bits per heavy atom. The second-order valence-corrected chi connectivity index (χ2v) is 7.76. The predicted octanol–water partition coefficient (Wildman–Crippen LogP) is 6.23. The van der Waals surface area contributed by atoms with Gasteiger partial charge >= 0.3 is 5.97 Å². The second-order valence-electron chi connectivity index (χ2n) is 7.76. The van der Waals surface area contributed by atoms with E-state index >= 15 is 0 Å². The molecule has 6 heteroatoms. The standard InChI is InChI=1S/C27H31NO5/c1-4-6-10-26(33-22-15-16-25(19(3)17-22)32-18-27(29)30)24-9-7-8-23(28-24)20-11-13-21(14-12-20)31-5-2/h7-9,11-17,26H,4-6,10,18H2,1-3H3,(H,29,30). The zero-order valence-corrected chi connectivity index (χ0v) is 19.4. The highest BCUT2D eigenvalue weighted by Gasteiger charge is 2.17. The highest BCUT2D eigenvalue weighted by Crippen LogP contribution is 2.30. The third kappa shape index (κ3) is 6.97. The Hall–Kier alpha value is -3.54. The van der Waals surface area contributed by atoms with E-state index < -0.39 is 5.97 Å². The summed E-state index contributed by atoms with van der Waals surface area (Å²) in [6, 6.07) is 19.3. The van der Waals surface area contributed by atoms with Crippen LogP contribution in [-0.2, 0) is 4.79 Å². The lowest BCUT2D eigenvalue weighted by molar-refractivity contribution is -0.139. The number of benzene rings is 2. The van der Waals surface area contributed by atoms with Gasteiger partial charge in [0.05, 0.1) is 18.0 Å². The van der Waals surface area contributed by atoms with Gasteiger partial charge in [-0.25, -0.2) is 9.78 Å². The number of aryl methyl sites for hydroxylation is 1. The number of pyridine rings is 1. The summed E-state index contributed by atoms with van der Waals surface area (Å²) in [6.07, 6.45) is 2.71. The van der Waals surface area contributed by atoms with E-state index in [9.17, 15) is 4.79 Å². The molecule has 0 aliphatic rings. The van der Waals surface area contributed by atoms with Gasteiger partial charge in [-0.1, -0.05) is 19.4 Å². The molecule has 0 fully saturated rings. The van der Waals surface area contributed by atoms with Crippen molar-refractivity contribution < 1.29 is 24.1 Å². The van der Waals surface area contributed by atoms with Crippen molar-refractivity contribution in [2.75, 3.05) is 13.2 Å².